The number of hydrogen-bond donors (Lipinski definition) is 2. The van der Waals surface area contributed by atoms with Crippen molar-refractivity contribution < 1.29 is 9.59 Å². The van der Waals surface area contributed by atoms with Gasteiger partial charge in [0.1, 0.15) is 5.56 Å². The average molecular weight is 386 g/mol. The van der Waals surface area contributed by atoms with Crippen LogP contribution in [0.1, 0.15) is 50.4 Å². The van der Waals surface area contributed by atoms with Crippen LogP contribution in [0.4, 0.5) is 0 Å². The number of aromatic nitrogens is 1. The second-order valence-corrected chi connectivity index (χ2v) is 7.43. The van der Waals surface area contributed by atoms with Gasteiger partial charge in [-0.3, -0.25) is 14.4 Å². The van der Waals surface area contributed by atoms with Gasteiger partial charge in [0.05, 0.1) is 0 Å². The number of carbonyl (C=O) groups is 2. The minimum Gasteiger partial charge on any atom is -0.348 e. The number of H-pyrrole nitrogens is 1. The number of rotatable bonds is 4. The summed E-state index contributed by atoms with van der Waals surface area (Å²) in [5, 5.41) is 2.80. The predicted molar refractivity (Wildman–Crippen MR) is 112 cm³/mol. The Morgan fingerprint density at radius 2 is 1.79 bits per heavy atom. The van der Waals surface area contributed by atoms with Crippen LogP contribution in [0.3, 0.4) is 0 Å². The Bertz CT molecular complexity index is 1140. The number of nitrogens with one attached hydrogen (secondary N) is 2. The number of aryl methyl sites for hydroxylation is 2. The van der Waals surface area contributed by atoms with Crippen LogP contribution < -0.4 is 10.9 Å². The topological polar surface area (TPSA) is 79.0 Å². The molecule has 29 heavy (non-hydrogen) atoms. The summed E-state index contributed by atoms with van der Waals surface area (Å²) in [5.74, 6) is -0.504. The predicted octanol–water partition coefficient (Wildman–Crippen LogP) is 3.80. The molecule has 1 heterocycles. The van der Waals surface area contributed by atoms with Crippen molar-refractivity contribution in [1.29, 1.82) is 0 Å². The summed E-state index contributed by atoms with van der Waals surface area (Å²) in [6, 6.07) is 17.6. The first-order chi connectivity index (χ1) is 14.0. The third-order valence-corrected chi connectivity index (χ3v) is 5.26. The minimum atomic E-state index is -0.479. The van der Waals surface area contributed by atoms with Gasteiger partial charge in [0.2, 0.25) is 0 Å². The van der Waals surface area contributed by atoms with Gasteiger partial charge in [-0.1, -0.05) is 48.0 Å². The normalized spacial score (nSPS) is 13.1. The molecule has 5 heteroatoms. The molecular weight excluding hydrogens is 364 g/mol. The zero-order chi connectivity index (χ0) is 20.4. The van der Waals surface area contributed by atoms with E-state index in [0.29, 0.717) is 30.6 Å². The van der Waals surface area contributed by atoms with E-state index in [9.17, 15) is 14.4 Å². The summed E-state index contributed by atoms with van der Waals surface area (Å²) >= 11 is 0. The fraction of sp³-hybridized carbons (Fsp3) is 0.208. The van der Waals surface area contributed by atoms with E-state index in [4.69, 9.17) is 0 Å². The molecule has 4 rings (SSSR count). The fourth-order valence-corrected chi connectivity index (χ4v) is 3.63. The van der Waals surface area contributed by atoms with Gasteiger partial charge in [0, 0.05) is 24.2 Å². The van der Waals surface area contributed by atoms with Crippen LogP contribution in [-0.2, 0) is 13.0 Å². The third kappa shape index (κ3) is 4.04. The Kier molecular flexibility index (Phi) is 5.12. The highest BCUT2D eigenvalue weighted by atomic mass is 16.2. The number of pyridine rings is 1. The molecule has 0 spiro atoms. The summed E-state index contributed by atoms with van der Waals surface area (Å²) in [4.78, 5) is 39.7. The van der Waals surface area contributed by atoms with Gasteiger partial charge in [-0.25, -0.2) is 0 Å². The number of benzene rings is 2. The lowest BCUT2D eigenvalue weighted by molar-refractivity contribution is 0.0949. The molecule has 1 aliphatic rings. The molecule has 1 aromatic heterocycles. The van der Waals surface area contributed by atoms with Gasteiger partial charge in [0.25, 0.3) is 11.5 Å². The Morgan fingerprint density at radius 3 is 2.59 bits per heavy atom. The van der Waals surface area contributed by atoms with E-state index in [1.807, 2.05) is 31.2 Å². The van der Waals surface area contributed by atoms with Crippen LogP contribution in [-0.4, -0.2) is 16.7 Å². The molecule has 0 saturated carbocycles. The lowest BCUT2D eigenvalue weighted by Crippen LogP contribution is -2.31. The van der Waals surface area contributed by atoms with Gasteiger partial charge in [-0.2, -0.15) is 0 Å². The van der Waals surface area contributed by atoms with E-state index >= 15 is 0 Å². The summed E-state index contributed by atoms with van der Waals surface area (Å²) in [7, 11) is 0. The maximum absolute atomic E-state index is 12.6. The quantitative estimate of drug-likeness (QED) is 0.716. The second kappa shape index (κ2) is 7.87. The number of carbonyl (C=O) groups excluding carboxylic acids is 2. The number of hydrogen-bond acceptors (Lipinski definition) is 3. The molecule has 0 saturated heterocycles. The Hall–Kier alpha value is -3.47. The van der Waals surface area contributed by atoms with Gasteiger partial charge < -0.3 is 10.3 Å². The number of aromatic amines is 1. The highest BCUT2D eigenvalue weighted by Crippen LogP contribution is 2.21. The number of amides is 1. The highest BCUT2D eigenvalue weighted by Gasteiger charge is 2.21. The van der Waals surface area contributed by atoms with Crippen molar-refractivity contribution in [1.82, 2.24) is 10.3 Å². The molecule has 5 nitrogen and oxygen atoms in total. The summed E-state index contributed by atoms with van der Waals surface area (Å²) in [5.41, 5.74) is 4.92. The Morgan fingerprint density at radius 1 is 1.00 bits per heavy atom. The van der Waals surface area contributed by atoms with Crippen molar-refractivity contribution in [3.63, 3.8) is 0 Å². The van der Waals surface area contributed by atoms with E-state index in [2.05, 4.69) is 34.6 Å². The summed E-state index contributed by atoms with van der Waals surface area (Å²) in [6.07, 6.45) is 1.83. The van der Waals surface area contributed by atoms with E-state index in [-0.39, 0.29) is 11.3 Å². The molecule has 0 aliphatic heterocycles. The van der Waals surface area contributed by atoms with Gasteiger partial charge in [0.15, 0.2) is 5.78 Å². The van der Waals surface area contributed by atoms with Gasteiger partial charge in [-0.05, 0) is 48.6 Å². The molecule has 0 unspecified atom stereocenters. The number of fused-ring (bicyclic) bond motifs is 1. The van der Waals surface area contributed by atoms with Crippen LogP contribution in [0.15, 0.2) is 59.4 Å². The first kappa shape index (κ1) is 18.9. The van der Waals surface area contributed by atoms with Crippen LogP contribution in [0.2, 0.25) is 0 Å². The van der Waals surface area contributed by atoms with Crippen molar-refractivity contribution in [2.24, 2.45) is 0 Å². The first-order valence-electron chi connectivity index (χ1n) is 9.75. The molecule has 146 valence electrons. The maximum atomic E-state index is 12.6. The number of ketones is 1. The molecule has 1 aliphatic carbocycles. The largest absolute Gasteiger partial charge is 0.348 e. The van der Waals surface area contributed by atoms with E-state index in [1.165, 1.54) is 11.6 Å². The molecule has 2 N–H and O–H groups in total. The Balaban J connectivity index is 1.51. The zero-order valence-corrected chi connectivity index (χ0v) is 16.2. The van der Waals surface area contributed by atoms with Crippen LogP contribution in [0.5, 0.6) is 0 Å². The van der Waals surface area contributed by atoms with Crippen LogP contribution in [0.25, 0.3) is 11.1 Å². The zero-order valence-electron chi connectivity index (χ0n) is 16.2. The van der Waals surface area contributed by atoms with Crippen molar-refractivity contribution >= 4 is 11.7 Å². The lowest BCUT2D eigenvalue weighted by atomic mass is 9.93. The maximum Gasteiger partial charge on any atom is 0.261 e. The smallest absolute Gasteiger partial charge is 0.261 e. The van der Waals surface area contributed by atoms with Crippen molar-refractivity contribution in [3.8, 4) is 11.1 Å². The van der Waals surface area contributed by atoms with Crippen molar-refractivity contribution in [2.75, 3.05) is 0 Å². The van der Waals surface area contributed by atoms with E-state index in [1.54, 1.807) is 0 Å². The molecule has 1 amide bonds. The molecule has 0 bridgehead atoms. The average Bonchev–Trinajstić information content (AvgIpc) is 2.72. The molecule has 3 aromatic rings. The monoisotopic (exact) mass is 386 g/mol. The highest BCUT2D eigenvalue weighted by molar-refractivity contribution is 6.01. The molecule has 2 aromatic carbocycles. The molecule has 0 atom stereocenters. The van der Waals surface area contributed by atoms with Crippen LogP contribution >= 0.6 is 0 Å². The second-order valence-electron chi connectivity index (χ2n) is 7.43. The van der Waals surface area contributed by atoms with E-state index in [0.717, 1.165) is 23.1 Å². The third-order valence-electron chi connectivity index (χ3n) is 5.26. The summed E-state index contributed by atoms with van der Waals surface area (Å²) < 4.78 is 0. The van der Waals surface area contributed by atoms with Crippen LogP contribution in [0, 0.1) is 6.92 Å². The molecule has 0 fully saturated rings. The lowest BCUT2D eigenvalue weighted by Gasteiger charge is -2.15. The number of Topliss-reactive ketones (excluding diaryl/α,β-unsaturated/α-hetero) is 1. The SMILES string of the molecule is Cc1ccc(-c2cccc(CNC(=O)c3cc4c([nH]c3=O)CCCC4=O)c2)cc1. The Labute approximate surface area is 168 Å². The van der Waals surface area contributed by atoms with E-state index < -0.39 is 11.5 Å². The first-order valence-corrected chi connectivity index (χ1v) is 9.75. The fourth-order valence-electron chi connectivity index (χ4n) is 3.63. The molecule has 0 radical (unpaired) electrons. The standard InChI is InChI=1S/C24H22N2O3/c1-15-8-10-17(11-9-15)18-5-2-4-16(12-18)14-25-23(28)20-13-19-21(26-24(20)29)6-3-7-22(19)27/h2,4-5,8-13H,3,6-7,14H2,1H3,(H,25,28)(H,26,29). The minimum absolute atomic E-state index is 0.0197. The van der Waals surface area contributed by atoms with Crippen molar-refractivity contribution in [2.45, 2.75) is 32.7 Å². The van der Waals surface area contributed by atoms with Gasteiger partial charge in [-0.15, -0.1) is 0 Å². The van der Waals surface area contributed by atoms with Gasteiger partial charge >= 0.3 is 0 Å². The van der Waals surface area contributed by atoms with Crippen molar-refractivity contribution in [3.05, 3.63) is 92.9 Å². The summed E-state index contributed by atoms with van der Waals surface area (Å²) in [6.45, 7) is 2.34. The molecular formula is C24H22N2O3.